The van der Waals surface area contributed by atoms with Crippen LogP contribution < -0.4 is 10.6 Å². The van der Waals surface area contributed by atoms with Gasteiger partial charge in [-0.05, 0) is 32.9 Å². The van der Waals surface area contributed by atoms with E-state index in [1.54, 1.807) is 6.26 Å². The number of sulfonamides is 1. The van der Waals surface area contributed by atoms with Crippen LogP contribution in [0.4, 0.5) is 0 Å². The van der Waals surface area contributed by atoms with Gasteiger partial charge in [0.1, 0.15) is 12.3 Å². The molecule has 1 aromatic heterocycles. The maximum Gasteiger partial charge on any atom is 0.216 e. The van der Waals surface area contributed by atoms with Crippen molar-refractivity contribution in [3.8, 4) is 0 Å². The van der Waals surface area contributed by atoms with E-state index in [0.717, 1.165) is 5.76 Å². The van der Waals surface area contributed by atoms with Crippen molar-refractivity contribution >= 4 is 16.0 Å². The molecule has 0 spiro atoms. The predicted molar refractivity (Wildman–Crippen MR) is 96.9 cm³/mol. The van der Waals surface area contributed by atoms with Crippen LogP contribution in [0.2, 0.25) is 0 Å². The van der Waals surface area contributed by atoms with E-state index in [2.05, 4.69) is 15.6 Å². The summed E-state index contributed by atoms with van der Waals surface area (Å²) in [6.45, 7) is 7.91. The van der Waals surface area contributed by atoms with Crippen molar-refractivity contribution in [2.24, 2.45) is 4.99 Å². The Morgan fingerprint density at radius 3 is 2.64 bits per heavy atom. The molecular weight excluding hydrogens is 344 g/mol. The second-order valence-corrected chi connectivity index (χ2v) is 8.18. The van der Waals surface area contributed by atoms with Gasteiger partial charge >= 0.3 is 0 Å². The normalized spacial score (nSPS) is 22.8. The van der Waals surface area contributed by atoms with Crippen LogP contribution in [0.15, 0.2) is 27.8 Å². The van der Waals surface area contributed by atoms with Crippen LogP contribution in [-0.4, -0.2) is 62.8 Å². The Kier molecular flexibility index (Phi) is 7.27. The minimum atomic E-state index is -3.33. The number of ether oxygens (including phenoxy) is 1. The number of furan rings is 1. The summed E-state index contributed by atoms with van der Waals surface area (Å²) in [4.78, 5) is 4.38. The lowest BCUT2D eigenvalue weighted by Crippen LogP contribution is -2.50. The van der Waals surface area contributed by atoms with Crippen molar-refractivity contribution in [1.29, 1.82) is 0 Å². The van der Waals surface area contributed by atoms with Gasteiger partial charge in [0.2, 0.25) is 10.0 Å². The van der Waals surface area contributed by atoms with Gasteiger partial charge < -0.3 is 19.8 Å². The topological polar surface area (TPSA) is 96.2 Å². The largest absolute Gasteiger partial charge is 0.467 e. The Hall–Kier alpha value is -1.58. The van der Waals surface area contributed by atoms with Crippen molar-refractivity contribution in [3.05, 3.63) is 24.2 Å². The van der Waals surface area contributed by atoms with Gasteiger partial charge in [0.05, 0.1) is 24.2 Å². The van der Waals surface area contributed by atoms with Gasteiger partial charge in [-0.1, -0.05) is 0 Å². The summed E-state index contributed by atoms with van der Waals surface area (Å²) in [6.07, 6.45) is 1.43. The maximum atomic E-state index is 12.5. The molecular formula is C16H28N4O4S. The summed E-state index contributed by atoms with van der Waals surface area (Å²) >= 11 is 0. The molecule has 0 bridgehead atoms. The van der Waals surface area contributed by atoms with Gasteiger partial charge in [-0.3, -0.25) is 0 Å². The molecule has 2 rings (SSSR count). The number of hydrogen-bond donors (Lipinski definition) is 2. The van der Waals surface area contributed by atoms with Gasteiger partial charge in [0.25, 0.3) is 0 Å². The van der Waals surface area contributed by atoms with Crippen LogP contribution in [-0.2, 0) is 21.3 Å². The number of morpholine rings is 1. The standard InChI is InChI=1S/C16H28N4O4S/c1-4-17-16(19-10-15-6-5-8-23-15)18-7-9-25(21,22)20-11-13(2)24-14(3)12-20/h5-6,8,13-14H,4,7,9-12H2,1-3H3,(H2,17,18,19). The van der Waals surface area contributed by atoms with Crippen LogP contribution in [0.5, 0.6) is 0 Å². The quantitative estimate of drug-likeness (QED) is 0.542. The summed E-state index contributed by atoms with van der Waals surface area (Å²) in [5, 5.41) is 6.15. The first-order valence-electron chi connectivity index (χ1n) is 8.58. The fourth-order valence-corrected chi connectivity index (χ4v) is 4.18. The van der Waals surface area contributed by atoms with Crippen LogP contribution in [0.1, 0.15) is 26.5 Å². The van der Waals surface area contributed by atoms with Crippen LogP contribution in [0.25, 0.3) is 0 Å². The van der Waals surface area contributed by atoms with E-state index in [1.165, 1.54) is 4.31 Å². The zero-order valence-electron chi connectivity index (χ0n) is 15.1. The molecule has 2 unspecified atom stereocenters. The Bertz CT molecular complexity index is 635. The van der Waals surface area contributed by atoms with Gasteiger partial charge in [0.15, 0.2) is 5.96 Å². The lowest BCUT2D eigenvalue weighted by molar-refractivity contribution is -0.0440. The van der Waals surface area contributed by atoms with Gasteiger partial charge in [-0.15, -0.1) is 0 Å². The van der Waals surface area contributed by atoms with Crippen molar-refractivity contribution in [2.75, 3.05) is 31.9 Å². The van der Waals surface area contributed by atoms with Crippen molar-refractivity contribution < 1.29 is 17.6 Å². The smallest absolute Gasteiger partial charge is 0.216 e. The predicted octanol–water partition coefficient (Wildman–Crippen LogP) is 0.774. The fourth-order valence-electron chi connectivity index (χ4n) is 2.69. The lowest BCUT2D eigenvalue weighted by Gasteiger charge is -2.34. The van der Waals surface area contributed by atoms with Gasteiger partial charge in [0, 0.05) is 26.2 Å². The van der Waals surface area contributed by atoms with E-state index >= 15 is 0 Å². The first-order chi connectivity index (χ1) is 11.9. The molecule has 0 amide bonds. The first-order valence-corrected chi connectivity index (χ1v) is 10.2. The number of guanidine groups is 1. The average Bonchev–Trinajstić information content (AvgIpc) is 3.05. The zero-order chi connectivity index (χ0) is 18.3. The first kappa shape index (κ1) is 19.7. The highest BCUT2D eigenvalue weighted by Gasteiger charge is 2.30. The molecule has 1 aromatic rings. The third-order valence-electron chi connectivity index (χ3n) is 3.75. The highest BCUT2D eigenvalue weighted by molar-refractivity contribution is 7.89. The lowest BCUT2D eigenvalue weighted by atomic mass is 10.3. The van der Waals surface area contributed by atoms with Crippen LogP contribution in [0, 0.1) is 0 Å². The highest BCUT2D eigenvalue weighted by Crippen LogP contribution is 2.14. The molecule has 1 aliphatic rings. The van der Waals surface area contributed by atoms with Crippen molar-refractivity contribution in [1.82, 2.24) is 14.9 Å². The van der Waals surface area contributed by atoms with Crippen molar-refractivity contribution in [3.63, 3.8) is 0 Å². The molecule has 2 N–H and O–H groups in total. The molecule has 1 saturated heterocycles. The van der Waals surface area contributed by atoms with E-state index < -0.39 is 10.0 Å². The average molecular weight is 372 g/mol. The summed E-state index contributed by atoms with van der Waals surface area (Å²) in [7, 11) is -3.33. The molecule has 2 atom stereocenters. The van der Waals surface area contributed by atoms with E-state index in [1.807, 2.05) is 32.9 Å². The molecule has 0 aliphatic carbocycles. The van der Waals surface area contributed by atoms with E-state index in [9.17, 15) is 8.42 Å². The molecule has 0 aromatic carbocycles. The second kappa shape index (κ2) is 9.21. The summed E-state index contributed by atoms with van der Waals surface area (Å²) < 4.78 is 37.4. The second-order valence-electron chi connectivity index (χ2n) is 6.09. The van der Waals surface area contributed by atoms with Crippen LogP contribution >= 0.6 is 0 Å². The molecule has 1 aliphatic heterocycles. The third-order valence-corrected chi connectivity index (χ3v) is 5.55. The minimum Gasteiger partial charge on any atom is -0.467 e. The number of aliphatic imine (C=N–C) groups is 1. The molecule has 9 heteroatoms. The number of nitrogens with zero attached hydrogens (tertiary/aromatic N) is 2. The Morgan fingerprint density at radius 2 is 2.04 bits per heavy atom. The summed E-state index contributed by atoms with van der Waals surface area (Å²) in [5.41, 5.74) is 0. The monoisotopic (exact) mass is 372 g/mol. The zero-order valence-corrected chi connectivity index (χ0v) is 15.9. The highest BCUT2D eigenvalue weighted by atomic mass is 32.2. The van der Waals surface area contributed by atoms with E-state index in [0.29, 0.717) is 32.1 Å². The van der Waals surface area contributed by atoms with E-state index in [-0.39, 0.29) is 24.5 Å². The van der Waals surface area contributed by atoms with Crippen molar-refractivity contribution in [2.45, 2.75) is 39.5 Å². The Balaban J connectivity index is 1.86. The molecule has 8 nitrogen and oxygen atoms in total. The molecule has 25 heavy (non-hydrogen) atoms. The Morgan fingerprint density at radius 1 is 1.32 bits per heavy atom. The number of hydrogen-bond acceptors (Lipinski definition) is 5. The Labute approximate surface area is 149 Å². The minimum absolute atomic E-state index is 0.0115. The number of nitrogens with one attached hydrogen (secondary N) is 2. The van der Waals surface area contributed by atoms with Gasteiger partial charge in [-0.25, -0.2) is 13.4 Å². The van der Waals surface area contributed by atoms with E-state index in [4.69, 9.17) is 9.15 Å². The number of rotatable bonds is 7. The molecule has 0 radical (unpaired) electrons. The SMILES string of the molecule is CCNC(=NCc1ccco1)NCCS(=O)(=O)N1CC(C)OC(C)C1. The molecule has 2 heterocycles. The summed E-state index contributed by atoms with van der Waals surface area (Å²) in [5.74, 6) is 1.33. The molecule has 142 valence electrons. The third kappa shape index (κ3) is 6.33. The fraction of sp³-hybridized carbons (Fsp3) is 0.688. The van der Waals surface area contributed by atoms with Crippen LogP contribution in [0.3, 0.4) is 0 Å². The molecule has 1 fully saturated rings. The maximum absolute atomic E-state index is 12.5. The molecule has 0 saturated carbocycles. The summed E-state index contributed by atoms with van der Waals surface area (Å²) in [6, 6.07) is 3.65. The van der Waals surface area contributed by atoms with Gasteiger partial charge in [-0.2, -0.15) is 4.31 Å².